The summed E-state index contributed by atoms with van der Waals surface area (Å²) in [4.78, 5) is 13.1. The van der Waals surface area contributed by atoms with Crippen molar-refractivity contribution in [3.05, 3.63) is 95.1 Å². The minimum Gasteiger partial charge on any atom is -0.478 e. The number of carboxylic acids is 1. The molecule has 0 spiro atoms. The number of aromatic carboxylic acids is 1. The van der Waals surface area contributed by atoms with E-state index in [0.29, 0.717) is 13.1 Å². The third-order valence-corrected chi connectivity index (χ3v) is 6.88. The van der Waals surface area contributed by atoms with E-state index >= 15 is 0 Å². The Balaban J connectivity index is 1.38. The van der Waals surface area contributed by atoms with Crippen molar-refractivity contribution in [1.29, 1.82) is 0 Å². The molecule has 0 bridgehead atoms. The largest absolute Gasteiger partial charge is 0.478 e. The quantitative estimate of drug-likeness (QED) is 0.372. The SMILES string of the molecule is CCN1C(CCCc2cccc(-c3ccc(C(=O)O)cc3)c2)=NN(Cc2ccc(C(C)(C)C)cc2)C1O. The number of hydrogen-bond acceptors (Lipinski definition) is 5. The highest BCUT2D eigenvalue weighted by Gasteiger charge is 2.30. The van der Waals surface area contributed by atoms with Crippen LogP contribution < -0.4 is 0 Å². The van der Waals surface area contributed by atoms with Gasteiger partial charge in [-0.3, -0.25) is 0 Å². The van der Waals surface area contributed by atoms with E-state index in [1.165, 1.54) is 11.1 Å². The Hall–Kier alpha value is -3.64. The number of aliphatic hydroxyl groups is 1. The average molecular weight is 500 g/mol. The van der Waals surface area contributed by atoms with Gasteiger partial charge in [0, 0.05) is 13.0 Å². The highest BCUT2D eigenvalue weighted by Crippen LogP contribution is 2.25. The topological polar surface area (TPSA) is 76.4 Å². The zero-order valence-corrected chi connectivity index (χ0v) is 22.2. The Kier molecular flexibility index (Phi) is 7.98. The van der Waals surface area contributed by atoms with E-state index in [-0.39, 0.29) is 11.0 Å². The van der Waals surface area contributed by atoms with Crippen LogP contribution in [0.4, 0.5) is 0 Å². The van der Waals surface area contributed by atoms with Crippen LogP contribution in [0.15, 0.2) is 77.9 Å². The average Bonchev–Trinajstić information content (AvgIpc) is 3.17. The van der Waals surface area contributed by atoms with Gasteiger partial charge >= 0.3 is 5.97 Å². The molecule has 3 aromatic rings. The molecule has 6 nitrogen and oxygen atoms in total. The van der Waals surface area contributed by atoms with Crippen LogP contribution in [0.25, 0.3) is 11.1 Å². The summed E-state index contributed by atoms with van der Waals surface area (Å²) >= 11 is 0. The summed E-state index contributed by atoms with van der Waals surface area (Å²) in [6.07, 6.45) is 1.83. The molecule has 1 atom stereocenters. The van der Waals surface area contributed by atoms with Crippen LogP contribution in [-0.2, 0) is 18.4 Å². The van der Waals surface area contributed by atoms with Gasteiger partial charge in [0.05, 0.1) is 12.1 Å². The first-order chi connectivity index (χ1) is 17.7. The number of amidine groups is 1. The van der Waals surface area contributed by atoms with Gasteiger partial charge in [0.1, 0.15) is 5.84 Å². The van der Waals surface area contributed by atoms with Gasteiger partial charge in [0.25, 0.3) is 0 Å². The first kappa shape index (κ1) is 26.4. The molecule has 194 valence electrons. The van der Waals surface area contributed by atoms with Gasteiger partial charge < -0.3 is 15.1 Å². The van der Waals surface area contributed by atoms with Gasteiger partial charge in [-0.15, -0.1) is 0 Å². The van der Waals surface area contributed by atoms with E-state index in [0.717, 1.165) is 41.8 Å². The summed E-state index contributed by atoms with van der Waals surface area (Å²) in [5.41, 5.74) is 6.11. The number of hydrogen-bond donors (Lipinski definition) is 2. The Labute approximate surface area is 219 Å². The van der Waals surface area contributed by atoms with E-state index < -0.39 is 12.3 Å². The summed E-state index contributed by atoms with van der Waals surface area (Å²) in [5, 5.41) is 26.6. The molecule has 6 heteroatoms. The van der Waals surface area contributed by atoms with Crippen LogP contribution in [0, 0.1) is 0 Å². The van der Waals surface area contributed by atoms with Crippen molar-refractivity contribution in [2.24, 2.45) is 5.10 Å². The second kappa shape index (κ2) is 11.2. The van der Waals surface area contributed by atoms with Crippen LogP contribution in [0.5, 0.6) is 0 Å². The second-order valence-corrected chi connectivity index (χ2v) is 10.6. The van der Waals surface area contributed by atoms with Crippen LogP contribution >= 0.6 is 0 Å². The lowest BCUT2D eigenvalue weighted by molar-refractivity contribution is -0.0617. The molecular weight excluding hydrogens is 462 g/mol. The molecule has 0 radical (unpaired) electrons. The molecular formula is C31H37N3O3. The van der Waals surface area contributed by atoms with Gasteiger partial charge in [-0.05, 0) is 65.1 Å². The summed E-state index contributed by atoms with van der Waals surface area (Å²) < 4.78 is 0. The molecule has 37 heavy (non-hydrogen) atoms. The Morgan fingerprint density at radius 2 is 1.62 bits per heavy atom. The fraction of sp³-hybridized carbons (Fsp3) is 0.355. The molecule has 1 aliphatic rings. The van der Waals surface area contributed by atoms with E-state index in [1.54, 1.807) is 17.1 Å². The van der Waals surface area contributed by atoms with Gasteiger partial charge in [-0.1, -0.05) is 81.4 Å². The molecule has 3 aromatic carbocycles. The summed E-state index contributed by atoms with van der Waals surface area (Å²) in [6, 6.07) is 23.9. The molecule has 0 amide bonds. The van der Waals surface area contributed by atoms with Crippen LogP contribution in [0.3, 0.4) is 0 Å². The monoisotopic (exact) mass is 499 g/mol. The Bertz CT molecular complexity index is 1240. The molecule has 4 rings (SSSR count). The summed E-state index contributed by atoms with van der Waals surface area (Å²) in [6.45, 7) is 9.92. The number of rotatable bonds is 9. The molecule has 1 aliphatic heterocycles. The zero-order valence-electron chi connectivity index (χ0n) is 22.2. The van der Waals surface area contributed by atoms with Crippen molar-refractivity contribution in [2.75, 3.05) is 6.54 Å². The lowest BCUT2D eigenvalue weighted by Gasteiger charge is -2.26. The predicted molar refractivity (Wildman–Crippen MR) is 148 cm³/mol. The van der Waals surface area contributed by atoms with Crippen LogP contribution in [0.1, 0.15) is 67.6 Å². The fourth-order valence-electron chi connectivity index (χ4n) is 4.67. The summed E-state index contributed by atoms with van der Waals surface area (Å²) in [5.74, 6) is 0.0000946. The smallest absolute Gasteiger partial charge is 0.335 e. The molecule has 0 saturated heterocycles. The predicted octanol–water partition coefficient (Wildman–Crippen LogP) is 6.10. The lowest BCUT2D eigenvalue weighted by atomic mass is 9.87. The minimum atomic E-state index is -0.918. The number of benzene rings is 3. The van der Waals surface area contributed by atoms with Crippen LogP contribution in [-0.4, -0.2) is 44.8 Å². The standard InChI is InChI=1S/C31H37N3O3/c1-5-33-28(32-34(30(33)37)21-23-12-18-27(19-13-23)31(2,3)4)11-7-9-22-8-6-10-26(20-22)24-14-16-25(17-15-24)29(35)36/h6,8,10,12-20,30,37H,5,7,9,11,21H2,1-4H3,(H,35,36). The first-order valence-corrected chi connectivity index (χ1v) is 13.0. The number of aliphatic hydroxyl groups excluding tert-OH is 1. The molecule has 0 aromatic heterocycles. The van der Waals surface area contributed by atoms with Crippen molar-refractivity contribution >= 4 is 11.8 Å². The Morgan fingerprint density at radius 1 is 0.919 bits per heavy atom. The fourth-order valence-corrected chi connectivity index (χ4v) is 4.67. The second-order valence-electron chi connectivity index (χ2n) is 10.6. The maximum Gasteiger partial charge on any atom is 0.335 e. The number of carbonyl (C=O) groups is 1. The third kappa shape index (κ3) is 6.38. The molecule has 0 aliphatic carbocycles. The van der Waals surface area contributed by atoms with Gasteiger partial charge in [-0.2, -0.15) is 5.10 Å². The molecule has 0 saturated carbocycles. The van der Waals surface area contributed by atoms with Gasteiger partial charge in [-0.25, -0.2) is 9.80 Å². The van der Waals surface area contributed by atoms with Crippen molar-refractivity contribution in [3.8, 4) is 11.1 Å². The number of hydrazone groups is 1. The van der Waals surface area contributed by atoms with Gasteiger partial charge in [0.2, 0.25) is 6.35 Å². The maximum atomic E-state index is 11.1. The highest BCUT2D eigenvalue weighted by atomic mass is 16.4. The molecule has 0 fully saturated rings. The van der Waals surface area contributed by atoms with E-state index in [9.17, 15) is 9.90 Å². The molecule has 1 heterocycles. The van der Waals surface area contributed by atoms with E-state index in [1.807, 2.05) is 36.1 Å². The first-order valence-electron chi connectivity index (χ1n) is 13.0. The zero-order chi connectivity index (χ0) is 26.6. The van der Waals surface area contributed by atoms with E-state index in [4.69, 9.17) is 10.2 Å². The maximum absolute atomic E-state index is 11.1. The summed E-state index contributed by atoms with van der Waals surface area (Å²) in [7, 11) is 0. The number of aryl methyl sites for hydroxylation is 1. The van der Waals surface area contributed by atoms with E-state index in [2.05, 4.69) is 57.2 Å². The molecule has 1 unspecified atom stereocenters. The van der Waals surface area contributed by atoms with Crippen molar-refractivity contribution in [2.45, 2.75) is 65.3 Å². The number of carboxylic acid groups (broad SMARTS) is 1. The normalized spacial score (nSPS) is 15.7. The van der Waals surface area contributed by atoms with Crippen molar-refractivity contribution in [1.82, 2.24) is 9.91 Å². The lowest BCUT2D eigenvalue weighted by Crippen LogP contribution is -2.41. The van der Waals surface area contributed by atoms with Crippen molar-refractivity contribution in [3.63, 3.8) is 0 Å². The Morgan fingerprint density at radius 3 is 2.24 bits per heavy atom. The van der Waals surface area contributed by atoms with Gasteiger partial charge in [0.15, 0.2) is 0 Å². The molecule has 2 N–H and O–H groups in total. The third-order valence-electron chi connectivity index (χ3n) is 6.88. The minimum absolute atomic E-state index is 0.112. The highest BCUT2D eigenvalue weighted by molar-refractivity contribution is 5.88. The number of nitrogens with zero attached hydrogens (tertiary/aromatic N) is 3. The van der Waals surface area contributed by atoms with Crippen molar-refractivity contribution < 1.29 is 15.0 Å². The van der Waals surface area contributed by atoms with Crippen LogP contribution in [0.2, 0.25) is 0 Å².